The van der Waals surface area contributed by atoms with Gasteiger partial charge in [-0.05, 0) is 116 Å². The van der Waals surface area contributed by atoms with Crippen LogP contribution < -0.4 is 0 Å². The minimum atomic E-state index is -0.859. The predicted octanol–water partition coefficient (Wildman–Crippen LogP) is 18.7. The molecule has 0 N–H and O–H groups in total. The van der Waals surface area contributed by atoms with Gasteiger partial charge in [-0.25, -0.2) is 0 Å². The van der Waals surface area contributed by atoms with E-state index in [0.29, 0.717) is 19.3 Å². The molecular weight excluding hydrogens is 889 g/mol. The maximum Gasteiger partial charge on any atom is 0.306 e. The molecule has 72 heavy (non-hydrogen) atoms. The molecule has 0 aromatic rings. The van der Waals surface area contributed by atoms with Gasteiger partial charge in [-0.15, -0.1) is 0 Å². The van der Waals surface area contributed by atoms with Crippen LogP contribution in [-0.4, -0.2) is 37.2 Å². The highest BCUT2D eigenvalue weighted by molar-refractivity contribution is 5.71. The normalized spacial score (nSPS) is 13.7. The maximum atomic E-state index is 12.8. The molecule has 0 radical (unpaired) electrons. The fourth-order valence-corrected chi connectivity index (χ4v) is 6.41. The van der Waals surface area contributed by atoms with Crippen molar-refractivity contribution in [3.05, 3.63) is 194 Å². The fourth-order valence-electron chi connectivity index (χ4n) is 6.41. The van der Waals surface area contributed by atoms with Crippen LogP contribution in [0.2, 0.25) is 0 Å². The third-order valence-electron chi connectivity index (χ3n) is 10.4. The van der Waals surface area contributed by atoms with Gasteiger partial charge >= 0.3 is 17.9 Å². The van der Waals surface area contributed by atoms with Gasteiger partial charge in [0.25, 0.3) is 0 Å². The van der Waals surface area contributed by atoms with E-state index < -0.39 is 6.10 Å². The van der Waals surface area contributed by atoms with E-state index in [-0.39, 0.29) is 50.4 Å². The highest BCUT2D eigenvalue weighted by Gasteiger charge is 2.19. The lowest BCUT2D eigenvalue weighted by Crippen LogP contribution is -2.30. The Bertz CT molecular complexity index is 1800. The summed E-state index contributed by atoms with van der Waals surface area (Å²) in [6.07, 6.45) is 88.5. The molecule has 0 saturated heterocycles. The lowest BCUT2D eigenvalue weighted by atomic mass is 10.1. The summed E-state index contributed by atoms with van der Waals surface area (Å²) in [4.78, 5) is 38.1. The topological polar surface area (TPSA) is 78.9 Å². The zero-order chi connectivity index (χ0) is 52.2. The zero-order valence-corrected chi connectivity index (χ0v) is 45.1. The molecule has 0 aliphatic heterocycles. The molecule has 6 nitrogen and oxygen atoms in total. The Morgan fingerprint density at radius 2 is 0.639 bits per heavy atom. The quantitative estimate of drug-likeness (QED) is 0.0199. The van der Waals surface area contributed by atoms with E-state index in [2.05, 4.69) is 167 Å². The molecule has 6 heteroatoms. The average Bonchev–Trinajstić information content (AvgIpc) is 3.38. The highest BCUT2D eigenvalue weighted by Crippen LogP contribution is 2.11. The van der Waals surface area contributed by atoms with Crippen LogP contribution in [0.15, 0.2) is 194 Å². The van der Waals surface area contributed by atoms with Crippen molar-refractivity contribution in [2.75, 3.05) is 13.2 Å². The van der Waals surface area contributed by atoms with Gasteiger partial charge in [0, 0.05) is 19.3 Å². The molecule has 0 fully saturated rings. The van der Waals surface area contributed by atoms with Crippen LogP contribution >= 0.6 is 0 Å². The van der Waals surface area contributed by atoms with Crippen molar-refractivity contribution in [2.24, 2.45) is 0 Å². The van der Waals surface area contributed by atoms with E-state index in [0.717, 1.165) is 116 Å². The molecule has 0 aliphatic carbocycles. The predicted molar refractivity (Wildman–Crippen MR) is 310 cm³/mol. The lowest BCUT2D eigenvalue weighted by Gasteiger charge is -2.18. The van der Waals surface area contributed by atoms with Gasteiger partial charge in [0.05, 0.1) is 0 Å². The molecule has 0 spiro atoms. The number of carbonyl (C=O) groups excluding carboxylic acids is 3. The van der Waals surface area contributed by atoms with Gasteiger partial charge < -0.3 is 14.2 Å². The number of hydrogen-bond acceptors (Lipinski definition) is 6. The number of carbonyl (C=O) groups is 3. The molecule has 396 valence electrons. The van der Waals surface area contributed by atoms with Crippen LogP contribution in [0.5, 0.6) is 0 Å². The van der Waals surface area contributed by atoms with Crippen molar-refractivity contribution in [2.45, 2.75) is 187 Å². The van der Waals surface area contributed by atoms with E-state index in [1.54, 1.807) is 0 Å². The van der Waals surface area contributed by atoms with Crippen LogP contribution in [0.25, 0.3) is 0 Å². The molecular formula is C66H96O6. The number of hydrogen-bond donors (Lipinski definition) is 0. The third kappa shape index (κ3) is 55.2. The molecule has 1 atom stereocenters. The van der Waals surface area contributed by atoms with Crippen LogP contribution in [-0.2, 0) is 28.6 Å². The van der Waals surface area contributed by atoms with Gasteiger partial charge in [-0.2, -0.15) is 0 Å². The molecule has 0 amide bonds. The first-order chi connectivity index (χ1) is 35.5. The Hall–Kier alpha value is -5.75. The summed E-state index contributed by atoms with van der Waals surface area (Å²) in [5.74, 6) is -1.13. The van der Waals surface area contributed by atoms with Crippen molar-refractivity contribution in [1.29, 1.82) is 0 Å². The number of ether oxygens (including phenoxy) is 3. The second-order valence-electron chi connectivity index (χ2n) is 17.1. The largest absolute Gasteiger partial charge is 0.462 e. The van der Waals surface area contributed by atoms with Crippen LogP contribution in [0.3, 0.4) is 0 Å². The minimum absolute atomic E-state index is 0.153. The summed E-state index contributed by atoms with van der Waals surface area (Å²) >= 11 is 0. The summed E-state index contributed by atoms with van der Waals surface area (Å²) in [6, 6.07) is 0. The number of rotatable bonds is 46. The van der Waals surface area contributed by atoms with Crippen molar-refractivity contribution < 1.29 is 28.6 Å². The van der Waals surface area contributed by atoms with Crippen molar-refractivity contribution in [1.82, 2.24) is 0 Å². The second-order valence-corrected chi connectivity index (χ2v) is 17.1. The Morgan fingerprint density at radius 3 is 1.08 bits per heavy atom. The van der Waals surface area contributed by atoms with Crippen LogP contribution in [0, 0.1) is 0 Å². The first kappa shape index (κ1) is 66.2. The summed E-state index contributed by atoms with van der Waals surface area (Å²) in [6.45, 7) is 6.15. The van der Waals surface area contributed by atoms with E-state index in [1.807, 2.05) is 48.6 Å². The highest BCUT2D eigenvalue weighted by atomic mass is 16.6. The van der Waals surface area contributed by atoms with Gasteiger partial charge in [-0.3, -0.25) is 14.4 Å². The summed E-state index contributed by atoms with van der Waals surface area (Å²) in [5, 5.41) is 0. The number of unbranched alkanes of at least 4 members (excludes halogenated alkanes) is 7. The number of esters is 3. The molecule has 0 aliphatic rings. The van der Waals surface area contributed by atoms with Crippen molar-refractivity contribution >= 4 is 17.9 Å². The smallest absolute Gasteiger partial charge is 0.306 e. The van der Waals surface area contributed by atoms with Gasteiger partial charge in [0.1, 0.15) is 13.2 Å². The minimum Gasteiger partial charge on any atom is -0.462 e. The summed E-state index contributed by atoms with van der Waals surface area (Å²) in [5.41, 5.74) is 0. The fraction of sp³-hybridized carbons (Fsp3) is 0.470. The molecule has 1 unspecified atom stereocenters. The van der Waals surface area contributed by atoms with Crippen LogP contribution in [0.4, 0.5) is 0 Å². The third-order valence-corrected chi connectivity index (χ3v) is 10.4. The second kappa shape index (κ2) is 57.8. The first-order valence-electron chi connectivity index (χ1n) is 27.5. The van der Waals surface area contributed by atoms with Crippen molar-refractivity contribution in [3.63, 3.8) is 0 Å². The molecule has 0 saturated carbocycles. The SMILES string of the molecule is CC/C=C\C/C=C\C/C=C\C/C=C\C/C=C\C/C=C\CCC(=O)OCC(COC(=O)CCC/C=C\C/C=C\C/C=C\C/C=C\C/C=C\CC)OC(=O)CCCCCCC\C=C/C=C\C=C/C=C\C=C/CCC. The molecule has 0 aromatic carbocycles. The summed E-state index contributed by atoms with van der Waals surface area (Å²) in [7, 11) is 0. The monoisotopic (exact) mass is 985 g/mol. The maximum absolute atomic E-state index is 12.8. The van der Waals surface area contributed by atoms with E-state index in [4.69, 9.17) is 14.2 Å². The molecule has 0 bridgehead atoms. The Balaban J connectivity index is 4.70. The molecule has 0 aromatic heterocycles. The standard InChI is InChI=1S/C66H96O6/c1-4-7-10-13-16-19-22-25-28-31-33-36-38-41-44-47-50-53-56-59-65(68)71-62-63(61-70-64(67)58-55-52-49-46-43-40-37-34-30-27-24-21-18-15-12-9-6-3)72-66(69)60-57-54-51-48-45-42-39-35-32-29-26-23-20-17-14-11-8-5-2/h7,9-12,14,16-21,23,25-30,32-33,35-37,39-41,44,46,49-50,53,63H,4-6,8,13,15,22,24,31,34,38,42-43,45,47-48,51-52,54-62H2,1-3H3/b10-7-,12-9-,14-11-,19-16-,20-17-,21-18-,26-23-,28-25-,30-27-,32-29-,36-33-,39-35-,40-37-,44-41-,49-46-,53-50-. The molecule has 0 rings (SSSR count). The van der Waals surface area contributed by atoms with E-state index >= 15 is 0 Å². The molecule has 0 heterocycles. The Labute approximate surface area is 439 Å². The van der Waals surface area contributed by atoms with Crippen LogP contribution in [0.1, 0.15) is 181 Å². The average molecular weight is 985 g/mol. The van der Waals surface area contributed by atoms with Crippen molar-refractivity contribution in [3.8, 4) is 0 Å². The first-order valence-corrected chi connectivity index (χ1v) is 27.5. The van der Waals surface area contributed by atoms with Gasteiger partial charge in [0.2, 0.25) is 0 Å². The van der Waals surface area contributed by atoms with E-state index in [9.17, 15) is 14.4 Å². The lowest BCUT2D eigenvalue weighted by molar-refractivity contribution is -0.166. The number of allylic oxidation sites excluding steroid dienone is 32. The van der Waals surface area contributed by atoms with Gasteiger partial charge in [-0.1, -0.05) is 241 Å². The van der Waals surface area contributed by atoms with E-state index in [1.165, 1.54) is 6.42 Å². The Kier molecular flexibility index (Phi) is 53.2. The zero-order valence-electron chi connectivity index (χ0n) is 45.1. The summed E-state index contributed by atoms with van der Waals surface area (Å²) < 4.78 is 16.7. The Morgan fingerprint density at radius 1 is 0.306 bits per heavy atom. The van der Waals surface area contributed by atoms with Gasteiger partial charge in [0.15, 0.2) is 6.10 Å².